The fourth-order valence-corrected chi connectivity index (χ4v) is 5.20. The van der Waals surface area contributed by atoms with Gasteiger partial charge in [0, 0.05) is 11.1 Å². The number of anilines is 1. The van der Waals surface area contributed by atoms with Crippen molar-refractivity contribution in [1.29, 1.82) is 5.26 Å². The van der Waals surface area contributed by atoms with E-state index in [9.17, 15) is 22.7 Å². The number of benzene rings is 3. The van der Waals surface area contributed by atoms with Crippen molar-refractivity contribution in [2.24, 2.45) is 0 Å². The van der Waals surface area contributed by atoms with Crippen LogP contribution in [0.3, 0.4) is 0 Å². The summed E-state index contributed by atoms with van der Waals surface area (Å²) < 4.78 is 41.9. The Bertz CT molecular complexity index is 1880. The quantitative estimate of drug-likeness (QED) is 0.251. The summed E-state index contributed by atoms with van der Waals surface area (Å²) in [5.74, 6) is -1.99. The lowest BCUT2D eigenvalue weighted by Crippen LogP contribution is -2.14. The molecule has 0 fully saturated rings. The first kappa shape index (κ1) is 25.6. The van der Waals surface area contributed by atoms with Crippen molar-refractivity contribution in [3.8, 4) is 28.6 Å². The third kappa shape index (κ3) is 4.93. The van der Waals surface area contributed by atoms with Gasteiger partial charge in [0.2, 0.25) is 0 Å². The number of nitrogens with zero attached hydrogens (tertiary/aromatic N) is 3. The third-order valence-electron chi connectivity index (χ3n) is 6.21. The van der Waals surface area contributed by atoms with Crippen LogP contribution in [0, 0.1) is 17.1 Å². The van der Waals surface area contributed by atoms with Gasteiger partial charge in [-0.15, -0.1) is 0 Å². The number of rotatable bonds is 7. The van der Waals surface area contributed by atoms with Crippen LogP contribution < -0.4 is 4.72 Å². The molecular weight excluding hydrogens is 521 g/mol. The third-order valence-corrected chi connectivity index (χ3v) is 7.59. The topological polar surface area (TPSA) is 149 Å². The van der Waals surface area contributed by atoms with Crippen molar-refractivity contribution in [2.45, 2.75) is 18.2 Å². The molecule has 0 saturated carbocycles. The molecule has 39 heavy (non-hydrogen) atoms. The molecule has 5 aromatic rings. The van der Waals surface area contributed by atoms with Crippen LogP contribution in [0.5, 0.6) is 0 Å². The average molecular weight is 542 g/mol. The Labute approximate surface area is 222 Å². The normalized spacial score (nSPS) is 11.3. The summed E-state index contributed by atoms with van der Waals surface area (Å²) in [5.41, 5.74) is 3.11. The van der Waals surface area contributed by atoms with Gasteiger partial charge in [0.15, 0.2) is 5.65 Å². The molecule has 9 nitrogen and oxygen atoms in total. The summed E-state index contributed by atoms with van der Waals surface area (Å²) in [4.78, 5) is 16.6. The molecule has 2 heterocycles. The Morgan fingerprint density at radius 1 is 1.05 bits per heavy atom. The van der Waals surface area contributed by atoms with Crippen LogP contribution in [0.2, 0.25) is 0 Å². The zero-order valence-electron chi connectivity index (χ0n) is 20.4. The number of fused-ring (bicyclic) bond motifs is 1. The predicted molar refractivity (Wildman–Crippen MR) is 143 cm³/mol. The molecule has 3 N–H and O–H groups in total. The van der Waals surface area contributed by atoms with E-state index >= 15 is 0 Å². The lowest BCUT2D eigenvalue weighted by molar-refractivity contribution is 0.0699. The molecule has 5 rings (SSSR count). The molecule has 0 aliphatic heterocycles. The standard InChI is InChI=1S/C28H20FN5O4S/c1-2-16-3-6-19(7-4-16)26-25-21(28(35)36)14-23(31-27(25)33-32-26)18-8-10-20(11-9-18)39(37,38)34-24-13-17(15-30)5-12-22(24)29/h3-14,34H,2H2,1H3,(H,35,36)(H,31,32,33). The summed E-state index contributed by atoms with van der Waals surface area (Å²) in [5, 5.41) is 26.5. The van der Waals surface area contributed by atoms with E-state index in [2.05, 4.69) is 19.9 Å². The van der Waals surface area contributed by atoms with Crippen LogP contribution in [0.4, 0.5) is 10.1 Å². The van der Waals surface area contributed by atoms with Crippen molar-refractivity contribution in [2.75, 3.05) is 4.72 Å². The number of sulfonamides is 1. The van der Waals surface area contributed by atoms with Crippen LogP contribution in [0.25, 0.3) is 33.5 Å². The van der Waals surface area contributed by atoms with Gasteiger partial charge in [0.05, 0.1) is 44.6 Å². The van der Waals surface area contributed by atoms with Crippen LogP contribution in [0.1, 0.15) is 28.4 Å². The first-order chi connectivity index (χ1) is 18.7. The first-order valence-corrected chi connectivity index (χ1v) is 13.2. The van der Waals surface area contributed by atoms with Crippen molar-refractivity contribution >= 4 is 32.7 Å². The highest BCUT2D eigenvalue weighted by atomic mass is 32.2. The van der Waals surface area contributed by atoms with E-state index in [1.54, 1.807) is 0 Å². The summed E-state index contributed by atoms with van der Waals surface area (Å²) in [6.45, 7) is 2.04. The Morgan fingerprint density at radius 2 is 1.74 bits per heavy atom. The number of aryl methyl sites for hydroxylation is 1. The number of aromatic carboxylic acids is 1. The number of hydrogen-bond acceptors (Lipinski definition) is 6. The molecule has 0 amide bonds. The van der Waals surface area contributed by atoms with Gasteiger partial charge in [0.1, 0.15) is 5.82 Å². The number of pyridine rings is 1. The first-order valence-electron chi connectivity index (χ1n) is 11.7. The number of nitrogens with one attached hydrogen (secondary N) is 2. The highest BCUT2D eigenvalue weighted by Crippen LogP contribution is 2.32. The lowest BCUT2D eigenvalue weighted by Gasteiger charge is -2.10. The summed E-state index contributed by atoms with van der Waals surface area (Å²) >= 11 is 0. The van der Waals surface area contributed by atoms with Crippen LogP contribution in [-0.4, -0.2) is 34.7 Å². The van der Waals surface area contributed by atoms with Gasteiger partial charge in [-0.3, -0.25) is 9.82 Å². The molecule has 0 spiro atoms. The fraction of sp³-hybridized carbons (Fsp3) is 0.0714. The van der Waals surface area contributed by atoms with Crippen LogP contribution in [-0.2, 0) is 16.4 Å². The van der Waals surface area contributed by atoms with Gasteiger partial charge < -0.3 is 5.11 Å². The minimum atomic E-state index is -4.18. The number of halogens is 1. The Kier molecular flexibility index (Phi) is 6.55. The van der Waals surface area contributed by atoms with E-state index in [1.807, 2.05) is 37.3 Å². The number of carboxylic acids is 1. The highest BCUT2D eigenvalue weighted by Gasteiger charge is 2.21. The van der Waals surface area contributed by atoms with Gasteiger partial charge in [-0.2, -0.15) is 10.4 Å². The molecule has 0 bridgehead atoms. The van der Waals surface area contributed by atoms with E-state index in [1.165, 1.54) is 36.4 Å². The molecule has 3 aromatic carbocycles. The average Bonchev–Trinajstić information content (AvgIpc) is 3.37. The summed E-state index contributed by atoms with van der Waals surface area (Å²) in [6, 6.07) is 19.8. The van der Waals surface area contributed by atoms with Gasteiger partial charge in [-0.05, 0) is 48.4 Å². The molecule has 194 valence electrons. The number of aromatic nitrogens is 3. The van der Waals surface area contributed by atoms with Crippen LogP contribution >= 0.6 is 0 Å². The fourth-order valence-electron chi connectivity index (χ4n) is 4.14. The molecule has 0 aliphatic rings. The van der Waals surface area contributed by atoms with E-state index in [-0.39, 0.29) is 33.1 Å². The maximum absolute atomic E-state index is 14.1. The maximum Gasteiger partial charge on any atom is 0.336 e. The SMILES string of the molecule is CCc1ccc(-c2[nH]nc3nc(-c4ccc(S(=O)(=O)Nc5cc(C#N)ccc5F)cc4)cc(C(=O)O)c23)cc1. The predicted octanol–water partition coefficient (Wildman–Crippen LogP) is 5.36. The summed E-state index contributed by atoms with van der Waals surface area (Å²) in [7, 11) is -4.18. The molecule has 0 atom stereocenters. The Hall–Kier alpha value is -5.08. The smallest absolute Gasteiger partial charge is 0.336 e. The maximum atomic E-state index is 14.1. The zero-order valence-corrected chi connectivity index (χ0v) is 21.3. The van der Waals surface area contributed by atoms with E-state index in [4.69, 9.17) is 5.26 Å². The minimum Gasteiger partial charge on any atom is -0.478 e. The molecule has 11 heteroatoms. The van der Waals surface area contributed by atoms with E-state index in [0.717, 1.165) is 29.7 Å². The second kappa shape index (κ2) is 10.00. The largest absolute Gasteiger partial charge is 0.478 e. The van der Waals surface area contributed by atoms with E-state index in [0.29, 0.717) is 16.6 Å². The highest BCUT2D eigenvalue weighted by molar-refractivity contribution is 7.92. The number of nitriles is 1. The van der Waals surface area contributed by atoms with Gasteiger partial charge >= 0.3 is 5.97 Å². The van der Waals surface area contributed by atoms with Crippen LogP contribution in [0.15, 0.2) is 77.7 Å². The number of carbonyl (C=O) groups is 1. The van der Waals surface area contributed by atoms with Crippen molar-refractivity contribution in [3.63, 3.8) is 0 Å². The number of aromatic amines is 1. The lowest BCUT2D eigenvalue weighted by atomic mass is 10.0. The van der Waals surface area contributed by atoms with Gasteiger partial charge in [-0.25, -0.2) is 22.6 Å². The molecule has 0 radical (unpaired) electrons. The monoisotopic (exact) mass is 541 g/mol. The zero-order chi connectivity index (χ0) is 27.7. The minimum absolute atomic E-state index is 0.00969. The molecular formula is C28H20FN5O4S. The second-order valence-electron chi connectivity index (χ2n) is 8.64. The molecule has 0 aliphatic carbocycles. The number of hydrogen-bond donors (Lipinski definition) is 3. The van der Waals surface area contributed by atoms with Gasteiger partial charge in [-0.1, -0.05) is 43.3 Å². The Balaban J connectivity index is 1.50. The van der Waals surface area contributed by atoms with Gasteiger partial charge in [0.25, 0.3) is 10.0 Å². The molecule has 0 unspecified atom stereocenters. The molecule has 2 aromatic heterocycles. The van der Waals surface area contributed by atoms with Crippen molar-refractivity contribution < 1.29 is 22.7 Å². The summed E-state index contributed by atoms with van der Waals surface area (Å²) in [6.07, 6.45) is 0.872. The Morgan fingerprint density at radius 3 is 2.38 bits per heavy atom. The number of carboxylic acid groups (broad SMARTS) is 1. The number of H-pyrrole nitrogens is 1. The van der Waals surface area contributed by atoms with Crippen molar-refractivity contribution in [3.05, 3.63) is 95.3 Å². The second-order valence-corrected chi connectivity index (χ2v) is 10.3. The molecule has 0 saturated heterocycles. The van der Waals surface area contributed by atoms with Crippen molar-refractivity contribution in [1.82, 2.24) is 15.2 Å². The van der Waals surface area contributed by atoms with E-state index < -0.39 is 21.8 Å².